The SMILES string of the molecule is CC(C)N1C(=O)c2ccc(C(=O)Nc3cc(F)c(N4CCCC4)c(F)c3)cc2S1(=O)=O. The summed E-state index contributed by atoms with van der Waals surface area (Å²) in [6, 6.07) is 5.15. The largest absolute Gasteiger partial charge is 0.367 e. The van der Waals surface area contributed by atoms with Crippen LogP contribution >= 0.6 is 0 Å². The van der Waals surface area contributed by atoms with Crippen molar-refractivity contribution < 1.29 is 26.8 Å². The summed E-state index contributed by atoms with van der Waals surface area (Å²) in [7, 11) is -4.07. The second-order valence-corrected chi connectivity index (χ2v) is 9.63. The molecule has 2 aromatic carbocycles. The number of nitrogens with zero attached hydrogens (tertiary/aromatic N) is 2. The quantitative estimate of drug-likeness (QED) is 0.774. The highest BCUT2D eigenvalue weighted by Crippen LogP contribution is 2.33. The zero-order valence-electron chi connectivity index (χ0n) is 17.0. The zero-order chi connectivity index (χ0) is 22.5. The number of fused-ring (bicyclic) bond motifs is 1. The number of hydrogen-bond acceptors (Lipinski definition) is 5. The maximum absolute atomic E-state index is 14.5. The molecule has 0 bridgehead atoms. The highest BCUT2D eigenvalue weighted by molar-refractivity contribution is 7.90. The molecule has 164 valence electrons. The molecule has 0 radical (unpaired) electrons. The molecule has 4 rings (SSSR count). The van der Waals surface area contributed by atoms with E-state index in [9.17, 15) is 26.8 Å². The third kappa shape index (κ3) is 3.54. The van der Waals surface area contributed by atoms with Crippen molar-refractivity contribution in [3.63, 3.8) is 0 Å². The standard InChI is InChI=1S/C21H21F2N3O4S/c1-12(2)26-21(28)15-6-5-13(9-18(15)31(26,29)30)20(27)24-14-10-16(22)19(17(23)11-14)25-7-3-4-8-25/h5-6,9-12H,3-4,7-8H2,1-2H3,(H,24,27). The van der Waals surface area contributed by atoms with E-state index in [-0.39, 0.29) is 27.4 Å². The molecular formula is C21H21F2N3O4S. The third-order valence-corrected chi connectivity index (χ3v) is 7.38. The topological polar surface area (TPSA) is 86.8 Å². The Morgan fingerprint density at radius 3 is 2.26 bits per heavy atom. The summed E-state index contributed by atoms with van der Waals surface area (Å²) in [5.74, 6) is -2.97. The maximum Gasteiger partial charge on any atom is 0.269 e. The number of amides is 2. The van der Waals surface area contributed by atoms with Crippen LogP contribution in [0.15, 0.2) is 35.2 Å². The van der Waals surface area contributed by atoms with Crippen LogP contribution in [-0.4, -0.2) is 43.7 Å². The van der Waals surface area contributed by atoms with E-state index in [1.807, 2.05) is 0 Å². The van der Waals surface area contributed by atoms with Crippen LogP contribution in [0.4, 0.5) is 20.2 Å². The summed E-state index contributed by atoms with van der Waals surface area (Å²) in [6.45, 7) is 4.28. The fraction of sp³-hybridized carbons (Fsp3) is 0.333. The van der Waals surface area contributed by atoms with Crippen molar-refractivity contribution in [2.24, 2.45) is 0 Å². The van der Waals surface area contributed by atoms with Crippen molar-refractivity contribution in [3.05, 3.63) is 53.1 Å². The third-order valence-electron chi connectivity index (χ3n) is 5.38. The molecule has 0 atom stereocenters. The van der Waals surface area contributed by atoms with Gasteiger partial charge in [-0.1, -0.05) is 0 Å². The monoisotopic (exact) mass is 449 g/mol. The molecule has 2 heterocycles. The van der Waals surface area contributed by atoms with Crippen LogP contribution in [0.3, 0.4) is 0 Å². The van der Waals surface area contributed by atoms with Gasteiger partial charge in [0.25, 0.3) is 21.8 Å². The van der Waals surface area contributed by atoms with Gasteiger partial charge in [-0.15, -0.1) is 0 Å². The van der Waals surface area contributed by atoms with Gasteiger partial charge in [0, 0.05) is 30.4 Å². The van der Waals surface area contributed by atoms with Crippen LogP contribution < -0.4 is 10.2 Å². The van der Waals surface area contributed by atoms with Crippen molar-refractivity contribution in [1.82, 2.24) is 4.31 Å². The minimum Gasteiger partial charge on any atom is -0.367 e. The van der Waals surface area contributed by atoms with Crippen molar-refractivity contribution in [2.75, 3.05) is 23.3 Å². The van der Waals surface area contributed by atoms with E-state index in [0.29, 0.717) is 13.1 Å². The minimum atomic E-state index is -4.07. The molecule has 1 N–H and O–H groups in total. The Labute approximate surface area is 178 Å². The van der Waals surface area contributed by atoms with E-state index in [2.05, 4.69) is 5.32 Å². The Morgan fingerprint density at radius 2 is 1.68 bits per heavy atom. The normalized spacial score (nSPS) is 17.4. The van der Waals surface area contributed by atoms with Gasteiger partial charge in [-0.05, 0) is 57.0 Å². The zero-order valence-corrected chi connectivity index (χ0v) is 17.8. The number of halogens is 2. The van der Waals surface area contributed by atoms with Crippen molar-refractivity contribution >= 4 is 33.2 Å². The predicted molar refractivity (Wildman–Crippen MR) is 111 cm³/mol. The van der Waals surface area contributed by atoms with Gasteiger partial charge >= 0.3 is 0 Å². The summed E-state index contributed by atoms with van der Waals surface area (Å²) in [5.41, 5.74) is -0.278. The lowest BCUT2D eigenvalue weighted by Crippen LogP contribution is -2.36. The van der Waals surface area contributed by atoms with Crippen molar-refractivity contribution in [1.29, 1.82) is 0 Å². The number of rotatable bonds is 4. The first kappa shape index (κ1) is 21.2. The molecule has 0 aromatic heterocycles. The molecule has 1 saturated heterocycles. The Bertz CT molecular complexity index is 1170. The van der Waals surface area contributed by atoms with E-state index >= 15 is 0 Å². The second kappa shape index (κ2) is 7.60. The fourth-order valence-electron chi connectivity index (χ4n) is 3.98. The van der Waals surface area contributed by atoms with Crippen LogP contribution in [0.2, 0.25) is 0 Å². The van der Waals surface area contributed by atoms with Gasteiger partial charge in [0.2, 0.25) is 0 Å². The predicted octanol–water partition coefficient (Wildman–Crippen LogP) is 3.37. The molecule has 7 nitrogen and oxygen atoms in total. The van der Waals surface area contributed by atoms with Gasteiger partial charge in [0.15, 0.2) is 11.6 Å². The first-order valence-electron chi connectivity index (χ1n) is 9.89. The second-order valence-electron chi connectivity index (χ2n) is 7.85. The van der Waals surface area contributed by atoms with Crippen LogP contribution in [0, 0.1) is 11.6 Å². The molecule has 31 heavy (non-hydrogen) atoms. The number of nitrogens with one attached hydrogen (secondary N) is 1. The van der Waals surface area contributed by atoms with Crippen LogP contribution in [-0.2, 0) is 10.0 Å². The summed E-state index contributed by atoms with van der Waals surface area (Å²) in [5, 5.41) is 2.39. The fourth-order valence-corrected chi connectivity index (χ4v) is 5.78. The number of benzene rings is 2. The van der Waals surface area contributed by atoms with Gasteiger partial charge in [-0.3, -0.25) is 9.59 Å². The van der Waals surface area contributed by atoms with E-state index in [4.69, 9.17) is 0 Å². The first-order chi connectivity index (χ1) is 14.6. The molecule has 1 fully saturated rings. The summed E-state index contributed by atoms with van der Waals surface area (Å²) in [4.78, 5) is 26.4. The molecule has 2 aromatic rings. The number of anilines is 2. The molecule has 0 saturated carbocycles. The lowest BCUT2D eigenvalue weighted by Gasteiger charge is -2.20. The van der Waals surface area contributed by atoms with Gasteiger partial charge in [0.05, 0.1) is 5.56 Å². The Morgan fingerprint density at radius 1 is 1.06 bits per heavy atom. The molecular weight excluding hydrogens is 428 g/mol. The molecule has 2 aliphatic rings. The lowest BCUT2D eigenvalue weighted by atomic mass is 10.1. The van der Waals surface area contributed by atoms with E-state index in [1.165, 1.54) is 12.1 Å². The van der Waals surface area contributed by atoms with Gasteiger partial charge in [0.1, 0.15) is 10.6 Å². The number of carbonyl (C=O) groups is 2. The summed E-state index contributed by atoms with van der Waals surface area (Å²) < 4.78 is 55.2. The molecule has 10 heteroatoms. The number of hydrogen-bond donors (Lipinski definition) is 1. The highest BCUT2D eigenvalue weighted by atomic mass is 32.2. The molecule has 0 aliphatic carbocycles. The van der Waals surface area contributed by atoms with E-state index < -0.39 is 39.5 Å². The molecule has 2 amide bonds. The smallest absolute Gasteiger partial charge is 0.269 e. The highest BCUT2D eigenvalue weighted by Gasteiger charge is 2.43. The van der Waals surface area contributed by atoms with Crippen molar-refractivity contribution in [2.45, 2.75) is 37.6 Å². The Balaban J connectivity index is 1.61. The molecule has 0 unspecified atom stereocenters. The van der Waals surface area contributed by atoms with E-state index in [0.717, 1.165) is 35.3 Å². The average molecular weight is 449 g/mol. The maximum atomic E-state index is 14.5. The Hall–Kier alpha value is -3.01. The van der Waals surface area contributed by atoms with Gasteiger partial charge in [-0.2, -0.15) is 0 Å². The van der Waals surface area contributed by atoms with Crippen LogP contribution in [0.5, 0.6) is 0 Å². The minimum absolute atomic E-state index is 0.0164. The van der Waals surface area contributed by atoms with Crippen LogP contribution in [0.25, 0.3) is 0 Å². The van der Waals surface area contributed by atoms with Crippen LogP contribution in [0.1, 0.15) is 47.4 Å². The summed E-state index contributed by atoms with van der Waals surface area (Å²) in [6.07, 6.45) is 1.71. The van der Waals surface area contributed by atoms with Crippen molar-refractivity contribution in [3.8, 4) is 0 Å². The lowest BCUT2D eigenvalue weighted by molar-refractivity contribution is 0.0846. The first-order valence-corrected chi connectivity index (χ1v) is 11.3. The number of carbonyl (C=O) groups excluding carboxylic acids is 2. The Kier molecular flexibility index (Phi) is 5.20. The number of sulfonamides is 1. The van der Waals surface area contributed by atoms with Gasteiger partial charge < -0.3 is 10.2 Å². The van der Waals surface area contributed by atoms with Gasteiger partial charge in [-0.25, -0.2) is 21.5 Å². The van der Waals surface area contributed by atoms with E-state index in [1.54, 1.807) is 18.7 Å². The summed E-state index contributed by atoms with van der Waals surface area (Å²) >= 11 is 0. The molecule has 2 aliphatic heterocycles. The molecule has 0 spiro atoms. The average Bonchev–Trinajstić information content (AvgIpc) is 3.26.